The summed E-state index contributed by atoms with van der Waals surface area (Å²) < 4.78 is 0. The molecule has 0 fully saturated rings. The molecule has 0 unspecified atom stereocenters. The number of benzene rings is 2. The quantitative estimate of drug-likeness (QED) is 0.388. The summed E-state index contributed by atoms with van der Waals surface area (Å²) in [5.74, 6) is 0. The van der Waals surface area contributed by atoms with Crippen LogP contribution in [0, 0.1) is 13.8 Å². The molecule has 0 aliphatic carbocycles. The Bertz CT molecular complexity index is 914. The number of nitrogens with zero attached hydrogens (tertiary/aromatic N) is 2. The summed E-state index contributed by atoms with van der Waals surface area (Å²) in [5.41, 5.74) is 10.5. The first-order valence-electron chi connectivity index (χ1n) is 11.4. The van der Waals surface area contributed by atoms with Gasteiger partial charge in [0.05, 0.1) is 5.69 Å². The molecule has 158 valence electrons. The fourth-order valence-electron chi connectivity index (χ4n) is 4.39. The third-order valence-corrected chi connectivity index (χ3v) is 5.98. The molecule has 0 saturated carbocycles. The molecule has 0 aliphatic rings. The molecule has 1 aromatic heterocycles. The van der Waals surface area contributed by atoms with Crippen LogP contribution < -0.4 is 0 Å². The minimum Gasteiger partial charge on any atom is -0.295 e. The molecular formula is C28H36N2. The van der Waals surface area contributed by atoms with Gasteiger partial charge in [-0.05, 0) is 73.5 Å². The summed E-state index contributed by atoms with van der Waals surface area (Å²) in [6.07, 6.45) is 3.22. The predicted molar refractivity (Wildman–Crippen MR) is 129 cm³/mol. The van der Waals surface area contributed by atoms with Crippen molar-refractivity contribution in [3.63, 3.8) is 0 Å². The zero-order valence-corrected chi connectivity index (χ0v) is 19.3. The Morgan fingerprint density at radius 1 is 0.800 bits per heavy atom. The second-order valence-electron chi connectivity index (χ2n) is 8.24. The van der Waals surface area contributed by atoms with Crippen molar-refractivity contribution in [2.24, 2.45) is 0 Å². The first kappa shape index (κ1) is 22.2. The van der Waals surface area contributed by atoms with Crippen LogP contribution in [0.1, 0.15) is 60.7 Å². The van der Waals surface area contributed by atoms with Crippen molar-refractivity contribution in [1.29, 1.82) is 0 Å². The highest BCUT2D eigenvalue weighted by atomic mass is 15.1. The molecule has 3 aromatic rings. The lowest BCUT2D eigenvalue weighted by molar-refractivity contribution is 0.256. The van der Waals surface area contributed by atoms with Gasteiger partial charge in [-0.15, -0.1) is 0 Å². The molecule has 0 amide bonds. The Kier molecular flexibility index (Phi) is 7.81. The normalized spacial score (nSPS) is 11.3. The average Bonchev–Trinajstić information content (AvgIpc) is 2.76. The monoisotopic (exact) mass is 400 g/mol. The first-order chi connectivity index (χ1) is 14.6. The van der Waals surface area contributed by atoms with Crippen LogP contribution in [0.25, 0.3) is 11.3 Å². The van der Waals surface area contributed by atoms with Crippen LogP contribution in [-0.4, -0.2) is 16.4 Å². The molecule has 30 heavy (non-hydrogen) atoms. The van der Waals surface area contributed by atoms with Crippen molar-refractivity contribution in [3.05, 3.63) is 88.1 Å². The summed E-state index contributed by atoms with van der Waals surface area (Å²) in [6, 6.07) is 19.8. The van der Waals surface area contributed by atoms with E-state index in [1.165, 1.54) is 33.4 Å². The molecule has 0 spiro atoms. The third kappa shape index (κ3) is 5.17. The first-order valence-corrected chi connectivity index (χ1v) is 11.4. The van der Waals surface area contributed by atoms with Crippen LogP contribution in [0.5, 0.6) is 0 Å². The lowest BCUT2D eigenvalue weighted by Gasteiger charge is -2.24. The number of aromatic nitrogens is 1. The summed E-state index contributed by atoms with van der Waals surface area (Å²) in [4.78, 5) is 7.66. The van der Waals surface area contributed by atoms with Gasteiger partial charge in [0.15, 0.2) is 0 Å². The number of aryl methyl sites for hydroxylation is 4. The van der Waals surface area contributed by atoms with E-state index in [9.17, 15) is 0 Å². The van der Waals surface area contributed by atoms with E-state index in [1.54, 1.807) is 0 Å². The van der Waals surface area contributed by atoms with E-state index in [2.05, 4.69) is 94.1 Å². The Balaban J connectivity index is 1.93. The lowest BCUT2D eigenvalue weighted by atomic mass is 9.93. The molecule has 0 radical (unpaired) electrons. The van der Waals surface area contributed by atoms with Gasteiger partial charge in [0, 0.05) is 24.3 Å². The van der Waals surface area contributed by atoms with Crippen molar-refractivity contribution in [3.8, 4) is 11.3 Å². The molecule has 2 nitrogen and oxygen atoms in total. The summed E-state index contributed by atoms with van der Waals surface area (Å²) >= 11 is 0. The molecular weight excluding hydrogens is 364 g/mol. The predicted octanol–water partition coefficient (Wildman–Crippen LogP) is 6.90. The fourth-order valence-corrected chi connectivity index (χ4v) is 4.39. The maximum absolute atomic E-state index is 5.11. The van der Waals surface area contributed by atoms with Gasteiger partial charge in [-0.1, -0.05) is 69.3 Å². The Labute approximate surface area is 183 Å². The van der Waals surface area contributed by atoms with E-state index in [4.69, 9.17) is 4.98 Å². The maximum atomic E-state index is 5.11. The number of pyridine rings is 1. The fraction of sp³-hybridized carbons (Fsp3) is 0.393. The topological polar surface area (TPSA) is 16.1 Å². The van der Waals surface area contributed by atoms with Gasteiger partial charge in [-0.2, -0.15) is 0 Å². The van der Waals surface area contributed by atoms with Crippen LogP contribution in [-0.2, 0) is 25.9 Å². The van der Waals surface area contributed by atoms with Gasteiger partial charge in [0.25, 0.3) is 0 Å². The smallest absolute Gasteiger partial charge is 0.0713 e. The minimum absolute atomic E-state index is 0.948. The molecule has 2 heteroatoms. The highest BCUT2D eigenvalue weighted by Gasteiger charge is 2.16. The number of rotatable bonds is 9. The molecule has 0 aliphatic heterocycles. The molecule has 0 N–H and O–H groups in total. The van der Waals surface area contributed by atoms with Gasteiger partial charge in [-0.25, -0.2) is 0 Å². The minimum atomic E-state index is 0.948. The van der Waals surface area contributed by atoms with E-state index in [1.807, 2.05) is 0 Å². The highest BCUT2D eigenvalue weighted by Crippen LogP contribution is 2.30. The zero-order chi connectivity index (χ0) is 21.5. The lowest BCUT2D eigenvalue weighted by Crippen LogP contribution is -2.24. The maximum Gasteiger partial charge on any atom is 0.0713 e. The largest absolute Gasteiger partial charge is 0.295 e. The van der Waals surface area contributed by atoms with Gasteiger partial charge < -0.3 is 0 Å². The summed E-state index contributed by atoms with van der Waals surface area (Å²) in [7, 11) is 0. The highest BCUT2D eigenvalue weighted by molar-refractivity contribution is 5.69. The summed E-state index contributed by atoms with van der Waals surface area (Å²) in [5, 5.41) is 0. The average molecular weight is 401 g/mol. The zero-order valence-electron chi connectivity index (χ0n) is 19.3. The Morgan fingerprint density at radius 3 is 2.03 bits per heavy atom. The van der Waals surface area contributed by atoms with Crippen molar-refractivity contribution in [2.45, 2.75) is 67.0 Å². The molecule has 0 bridgehead atoms. The number of hydrogen-bond donors (Lipinski definition) is 0. The molecule has 2 aromatic carbocycles. The van der Waals surface area contributed by atoms with Crippen molar-refractivity contribution < 1.29 is 0 Å². The van der Waals surface area contributed by atoms with E-state index >= 15 is 0 Å². The Morgan fingerprint density at radius 2 is 1.47 bits per heavy atom. The van der Waals surface area contributed by atoms with Crippen LogP contribution >= 0.6 is 0 Å². The van der Waals surface area contributed by atoms with Crippen LogP contribution in [0.2, 0.25) is 0 Å². The second-order valence-corrected chi connectivity index (χ2v) is 8.24. The standard InChI is InChI=1S/C28H36N2/c1-6-17-30(19-23-13-10-9-11-14-23)20-26-21(4)18-27(29-22(26)5)28-24(7-2)15-12-16-25(28)8-3/h9-16,18H,6-8,17,19-20H2,1-5H3. The molecule has 0 atom stereocenters. The SMILES string of the molecule is CCCN(Cc1ccccc1)Cc1c(C)cc(-c2c(CC)cccc2CC)nc1C. The van der Waals surface area contributed by atoms with Gasteiger partial charge >= 0.3 is 0 Å². The van der Waals surface area contributed by atoms with E-state index in [-0.39, 0.29) is 0 Å². The van der Waals surface area contributed by atoms with Gasteiger partial charge in [-0.3, -0.25) is 9.88 Å². The van der Waals surface area contributed by atoms with Crippen molar-refractivity contribution in [2.75, 3.05) is 6.54 Å². The van der Waals surface area contributed by atoms with E-state index < -0.39 is 0 Å². The van der Waals surface area contributed by atoms with E-state index in [0.29, 0.717) is 0 Å². The molecule has 3 rings (SSSR count). The molecule has 1 heterocycles. The Hall–Kier alpha value is -2.45. The molecule has 0 saturated heterocycles. The van der Waals surface area contributed by atoms with Gasteiger partial charge in [0.2, 0.25) is 0 Å². The van der Waals surface area contributed by atoms with Crippen molar-refractivity contribution >= 4 is 0 Å². The van der Waals surface area contributed by atoms with Crippen LogP contribution in [0.3, 0.4) is 0 Å². The third-order valence-electron chi connectivity index (χ3n) is 5.98. The van der Waals surface area contributed by atoms with Crippen molar-refractivity contribution in [1.82, 2.24) is 9.88 Å². The van der Waals surface area contributed by atoms with Crippen LogP contribution in [0.4, 0.5) is 0 Å². The number of hydrogen-bond acceptors (Lipinski definition) is 2. The summed E-state index contributed by atoms with van der Waals surface area (Å²) in [6.45, 7) is 14.2. The van der Waals surface area contributed by atoms with Gasteiger partial charge in [0.1, 0.15) is 0 Å². The van der Waals surface area contributed by atoms with Crippen LogP contribution in [0.15, 0.2) is 54.6 Å². The second kappa shape index (κ2) is 10.5. The van der Waals surface area contributed by atoms with E-state index in [0.717, 1.165) is 50.3 Å².